The van der Waals surface area contributed by atoms with Gasteiger partial charge in [-0.3, -0.25) is 0 Å². The summed E-state index contributed by atoms with van der Waals surface area (Å²) in [7, 11) is 0. The summed E-state index contributed by atoms with van der Waals surface area (Å²) < 4.78 is 5.00. The van der Waals surface area contributed by atoms with Crippen molar-refractivity contribution in [3.8, 4) is 0 Å². The van der Waals surface area contributed by atoms with Crippen molar-refractivity contribution in [2.75, 3.05) is 6.61 Å². The van der Waals surface area contributed by atoms with E-state index in [0.717, 1.165) is 19.3 Å². The second-order valence-corrected chi connectivity index (χ2v) is 13.3. The highest BCUT2D eigenvalue weighted by atomic mass is 35.8. The molecule has 17 heavy (non-hydrogen) atoms. The molecule has 0 aromatic carbocycles. The molecule has 0 amide bonds. The summed E-state index contributed by atoms with van der Waals surface area (Å²) in [5.74, 6) is 0.0616. The van der Waals surface area contributed by atoms with Crippen LogP contribution in [-0.2, 0) is 9.53 Å². The molecule has 0 aromatic rings. The van der Waals surface area contributed by atoms with E-state index < -0.39 is 6.00 Å². The summed E-state index contributed by atoms with van der Waals surface area (Å²) in [6, 6.07) is -1.88. The van der Waals surface area contributed by atoms with Gasteiger partial charge in [-0.25, -0.2) is 4.79 Å². The minimum Gasteiger partial charge on any atom is -0.462 e. The molecule has 0 fully saturated rings. The van der Waals surface area contributed by atoms with Gasteiger partial charge in [0.05, 0.1) is 6.61 Å². The maximum absolute atomic E-state index is 11.1. The molecule has 0 saturated carbocycles. The SMILES string of the molecule is C=C(C)C(=O)OCCCC(CC)C[Si](Cl)(Cl)Cl. The van der Waals surface area contributed by atoms with Crippen LogP contribution in [0.5, 0.6) is 0 Å². The maximum Gasteiger partial charge on any atom is 0.341 e. The fourth-order valence-corrected chi connectivity index (χ4v) is 4.55. The Bertz CT molecular complexity index is 264. The number of hydrogen-bond acceptors (Lipinski definition) is 2. The van der Waals surface area contributed by atoms with Crippen LogP contribution in [-0.4, -0.2) is 18.6 Å². The molecular weight excluding hydrogens is 299 g/mol. The van der Waals surface area contributed by atoms with Crippen molar-refractivity contribution in [3.05, 3.63) is 12.2 Å². The largest absolute Gasteiger partial charge is 0.462 e. The Balaban J connectivity index is 3.78. The van der Waals surface area contributed by atoms with Gasteiger partial charge in [0.1, 0.15) is 0 Å². The number of carbonyl (C=O) groups excluding carboxylic acids is 1. The highest BCUT2D eigenvalue weighted by Gasteiger charge is 2.28. The highest BCUT2D eigenvalue weighted by Crippen LogP contribution is 2.32. The van der Waals surface area contributed by atoms with Gasteiger partial charge in [0.15, 0.2) is 0 Å². The van der Waals surface area contributed by atoms with Gasteiger partial charge in [-0.05, 0) is 31.7 Å². The van der Waals surface area contributed by atoms with Gasteiger partial charge in [-0.1, -0.05) is 19.9 Å². The van der Waals surface area contributed by atoms with Crippen molar-refractivity contribution in [3.63, 3.8) is 0 Å². The molecule has 0 aliphatic heterocycles. The van der Waals surface area contributed by atoms with Crippen molar-refractivity contribution in [2.45, 2.75) is 39.2 Å². The second kappa shape index (κ2) is 8.41. The molecular formula is C11H19Cl3O2Si. The average Bonchev–Trinajstić information content (AvgIpc) is 2.20. The summed E-state index contributed by atoms with van der Waals surface area (Å²) in [5.41, 5.74) is 0.422. The lowest BCUT2D eigenvalue weighted by atomic mass is 10.0. The van der Waals surface area contributed by atoms with Crippen LogP contribution in [0.4, 0.5) is 0 Å². The van der Waals surface area contributed by atoms with Crippen molar-refractivity contribution in [1.82, 2.24) is 0 Å². The zero-order valence-electron chi connectivity index (χ0n) is 10.3. The van der Waals surface area contributed by atoms with Crippen LogP contribution < -0.4 is 0 Å². The second-order valence-electron chi connectivity index (χ2n) is 4.15. The lowest BCUT2D eigenvalue weighted by Gasteiger charge is -2.17. The molecule has 0 heterocycles. The Morgan fingerprint density at radius 1 is 1.41 bits per heavy atom. The molecule has 0 spiro atoms. The summed E-state index contributed by atoms with van der Waals surface area (Å²) in [4.78, 5) is 11.1. The van der Waals surface area contributed by atoms with Gasteiger partial charge in [0, 0.05) is 5.57 Å². The van der Waals surface area contributed by atoms with E-state index >= 15 is 0 Å². The lowest BCUT2D eigenvalue weighted by molar-refractivity contribution is -0.139. The first kappa shape index (κ1) is 17.3. The number of esters is 1. The Morgan fingerprint density at radius 2 is 2.00 bits per heavy atom. The first-order chi connectivity index (χ1) is 7.76. The predicted molar refractivity (Wildman–Crippen MR) is 76.9 cm³/mol. The van der Waals surface area contributed by atoms with Crippen LogP contribution in [0.2, 0.25) is 6.04 Å². The van der Waals surface area contributed by atoms with Crippen molar-refractivity contribution < 1.29 is 9.53 Å². The summed E-state index contributed by atoms with van der Waals surface area (Å²) in [5, 5.41) is 0. The van der Waals surface area contributed by atoms with Gasteiger partial charge < -0.3 is 4.74 Å². The van der Waals surface area contributed by atoms with Gasteiger partial charge in [-0.2, -0.15) is 0 Å². The zero-order chi connectivity index (χ0) is 13.5. The molecule has 0 radical (unpaired) electrons. The monoisotopic (exact) mass is 316 g/mol. The normalized spacial score (nSPS) is 13.2. The molecule has 0 aliphatic rings. The van der Waals surface area contributed by atoms with E-state index in [-0.39, 0.29) is 5.97 Å². The van der Waals surface area contributed by atoms with E-state index in [1.807, 2.05) is 0 Å². The van der Waals surface area contributed by atoms with Crippen LogP contribution in [0.3, 0.4) is 0 Å². The van der Waals surface area contributed by atoms with E-state index in [1.165, 1.54) is 0 Å². The zero-order valence-corrected chi connectivity index (χ0v) is 13.5. The third-order valence-corrected chi connectivity index (χ3v) is 4.86. The molecule has 0 aromatic heterocycles. The van der Waals surface area contributed by atoms with Gasteiger partial charge in [0.25, 0.3) is 0 Å². The molecule has 0 rings (SSSR count). The highest BCUT2D eigenvalue weighted by molar-refractivity contribution is 7.64. The molecule has 0 N–H and O–H groups in total. The van der Waals surface area contributed by atoms with E-state index in [2.05, 4.69) is 13.5 Å². The minimum absolute atomic E-state index is 0.339. The number of hydrogen-bond donors (Lipinski definition) is 0. The molecule has 0 aliphatic carbocycles. The molecule has 1 unspecified atom stereocenters. The van der Waals surface area contributed by atoms with Crippen molar-refractivity contribution in [2.24, 2.45) is 5.92 Å². The lowest BCUT2D eigenvalue weighted by Crippen LogP contribution is -2.16. The predicted octanol–water partition coefficient (Wildman–Crippen LogP) is 4.57. The topological polar surface area (TPSA) is 26.3 Å². The minimum atomic E-state index is -2.55. The summed E-state index contributed by atoms with van der Waals surface area (Å²) in [6.45, 7) is 7.63. The third-order valence-electron chi connectivity index (χ3n) is 2.44. The van der Waals surface area contributed by atoms with Crippen molar-refractivity contribution in [1.29, 1.82) is 0 Å². The van der Waals surface area contributed by atoms with E-state index in [9.17, 15) is 4.79 Å². The molecule has 1 atom stereocenters. The number of carbonyl (C=O) groups is 1. The van der Waals surface area contributed by atoms with Crippen LogP contribution in [0.15, 0.2) is 12.2 Å². The Morgan fingerprint density at radius 3 is 2.41 bits per heavy atom. The Labute approximate surface area is 118 Å². The fraction of sp³-hybridized carbons (Fsp3) is 0.727. The standard InChI is InChI=1S/C11H19Cl3O2Si/c1-4-10(8-17(12,13)14)6-5-7-16-11(15)9(2)3/h10H,2,4-8H2,1,3H3. The smallest absolute Gasteiger partial charge is 0.341 e. The van der Waals surface area contributed by atoms with Gasteiger partial charge in [-0.15, -0.1) is 33.2 Å². The third kappa shape index (κ3) is 9.95. The van der Waals surface area contributed by atoms with Crippen LogP contribution in [0, 0.1) is 5.92 Å². The summed E-state index contributed by atoms with van der Waals surface area (Å²) in [6.07, 6.45) is 2.70. The average molecular weight is 318 g/mol. The van der Waals surface area contributed by atoms with Crippen LogP contribution in [0.1, 0.15) is 33.1 Å². The number of ether oxygens (including phenoxy) is 1. The maximum atomic E-state index is 11.1. The first-order valence-electron chi connectivity index (χ1n) is 5.65. The van der Waals surface area contributed by atoms with Gasteiger partial charge >= 0.3 is 12.0 Å². The Hall–Kier alpha value is 0.297. The van der Waals surface area contributed by atoms with E-state index in [0.29, 0.717) is 24.1 Å². The Kier molecular flexibility index (Phi) is 8.55. The first-order valence-corrected chi connectivity index (χ1v) is 10.9. The quantitative estimate of drug-likeness (QED) is 0.215. The summed E-state index contributed by atoms with van der Waals surface area (Å²) >= 11 is 17.7. The molecule has 2 nitrogen and oxygen atoms in total. The molecule has 6 heteroatoms. The van der Waals surface area contributed by atoms with E-state index in [4.69, 9.17) is 38.0 Å². The van der Waals surface area contributed by atoms with Crippen LogP contribution >= 0.6 is 33.2 Å². The molecule has 0 saturated heterocycles. The van der Waals surface area contributed by atoms with E-state index in [1.54, 1.807) is 6.92 Å². The van der Waals surface area contributed by atoms with Gasteiger partial charge in [0.2, 0.25) is 0 Å². The van der Waals surface area contributed by atoms with Crippen LogP contribution in [0.25, 0.3) is 0 Å². The number of rotatable bonds is 8. The van der Waals surface area contributed by atoms with Crippen molar-refractivity contribution >= 4 is 45.2 Å². The number of halogens is 3. The molecule has 100 valence electrons. The fourth-order valence-electron chi connectivity index (χ4n) is 1.44. The molecule has 0 bridgehead atoms.